The SMILES string of the molecule is CNc1ccnc(C(=O)Nc2ccc(C)c([N+](=O)[O-])c2)c1. The normalized spacial score (nSPS) is 10.0. The predicted octanol–water partition coefficient (Wildman–Crippen LogP) is 2.59. The number of hydrogen-bond acceptors (Lipinski definition) is 5. The molecule has 108 valence electrons. The molecule has 0 spiro atoms. The van der Waals surface area contributed by atoms with Crippen molar-refractivity contribution in [2.45, 2.75) is 6.92 Å². The van der Waals surface area contributed by atoms with Crippen molar-refractivity contribution < 1.29 is 9.72 Å². The van der Waals surface area contributed by atoms with Crippen LogP contribution in [0.4, 0.5) is 17.1 Å². The first-order valence-electron chi connectivity index (χ1n) is 6.21. The number of carbonyl (C=O) groups is 1. The lowest BCUT2D eigenvalue weighted by molar-refractivity contribution is -0.385. The van der Waals surface area contributed by atoms with Crippen LogP contribution in [0.5, 0.6) is 0 Å². The zero-order chi connectivity index (χ0) is 15.4. The molecule has 0 unspecified atom stereocenters. The molecule has 1 aromatic heterocycles. The molecule has 2 aromatic rings. The van der Waals surface area contributed by atoms with Gasteiger partial charge in [-0.3, -0.25) is 19.9 Å². The highest BCUT2D eigenvalue weighted by Gasteiger charge is 2.13. The lowest BCUT2D eigenvalue weighted by Crippen LogP contribution is -2.14. The number of aromatic nitrogens is 1. The maximum absolute atomic E-state index is 12.1. The topological polar surface area (TPSA) is 97.2 Å². The summed E-state index contributed by atoms with van der Waals surface area (Å²) in [6.45, 7) is 1.64. The molecule has 0 radical (unpaired) electrons. The van der Waals surface area contributed by atoms with Crippen LogP contribution in [0.1, 0.15) is 16.1 Å². The summed E-state index contributed by atoms with van der Waals surface area (Å²) in [6.07, 6.45) is 1.51. The number of nitrogens with one attached hydrogen (secondary N) is 2. The largest absolute Gasteiger partial charge is 0.388 e. The molecule has 0 fully saturated rings. The summed E-state index contributed by atoms with van der Waals surface area (Å²) < 4.78 is 0. The lowest BCUT2D eigenvalue weighted by atomic mass is 10.2. The van der Waals surface area contributed by atoms with Crippen molar-refractivity contribution in [3.05, 3.63) is 57.9 Å². The van der Waals surface area contributed by atoms with Crippen molar-refractivity contribution in [3.8, 4) is 0 Å². The minimum absolute atomic E-state index is 0.0373. The maximum Gasteiger partial charge on any atom is 0.274 e. The second-order valence-electron chi connectivity index (χ2n) is 4.39. The van der Waals surface area contributed by atoms with Crippen LogP contribution in [-0.2, 0) is 0 Å². The van der Waals surface area contributed by atoms with Crippen molar-refractivity contribution in [3.63, 3.8) is 0 Å². The number of aryl methyl sites for hydroxylation is 1. The molecule has 2 rings (SSSR count). The second-order valence-corrected chi connectivity index (χ2v) is 4.39. The van der Waals surface area contributed by atoms with E-state index >= 15 is 0 Å². The Bertz CT molecular complexity index is 700. The van der Waals surface area contributed by atoms with Gasteiger partial charge in [0.25, 0.3) is 11.6 Å². The van der Waals surface area contributed by atoms with Gasteiger partial charge in [0.05, 0.1) is 4.92 Å². The van der Waals surface area contributed by atoms with Crippen LogP contribution < -0.4 is 10.6 Å². The molecule has 7 heteroatoms. The molecule has 0 saturated heterocycles. The fourth-order valence-electron chi connectivity index (χ4n) is 1.79. The standard InChI is InChI=1S/C14H14N4O3/c1-9-3-4-11(8-13(9)18(20)21)17-14(19)12-7-10(15-2)5-6-16-12/h3-8H,1-2H3,(H,15,16)(H,17,19). The second kappa shape index (κ2) is 6.00. The maximum atomic E-state index is 12.1. The Morgan fingerprint density at radius 2 is 2.00 bits per heavy atom. The summed E-state index contributed by atoms with van der Waals surface area (Å²) in [5.41, 5.74) is 1.84. The van der Waals surface area contributed by atoms with Gasteiger partial charge in [-0.15, -0.1) is 0 Å². The zero-order valence-electron chi connectivity index (χ0n) is 11.6. The Balaban J connectivity index is 2.23. The first-order chi connectivity index (χ1) is 10.0. The zero-order valence-corrected chi connectivity index (χ0v) is 11.6. The molecule has 0 aliphatic heterocycles. The third-order valence-corrected chi connectivity index (χ3v) is 2.94. The molecule has 0 saturated carbocycles. The van der Waals surface area contributed by atoms with Gasteiger partial charge in [-0.1, -0.05) is 6.07 Å². The number of nitro groups is 1. The number of carbonyl (C=O) groups excluding carboxylic acids is 1. The van der Waals surface area contributed by atoms with E-state index in [-0.39, 0.29) is 11.4 Å². The number of nitro benzene ring substituents is 1. The van der Waals surface area contributed by atoms with Crippen LogP contribution in [0.25, 0.3) is 0 Å². The van der Waals surface area contributed by atoms with E-state index in [1.165, 1.54) is 12.3 Å². The average molecular weight is 286 g/mol. The van der Waals surface area contributed by atoms with Crippen molar-refractivity contribution in [2.24, 2.45) is 0 Å². The highest BCUT2D eigenvalue weighted by molar-refractivity contribution is 6.03. The average Bonchev–Trinajstić information content (AvgIpc) is 2.49. The fourth-order valence-corrected chi connectivity index (χ4v) is 1.79. The van der Waals surface area contributed by atoms with E-state index in [9.17, 15) is 14.9 Å². The number of rotatable bonds is 4. The molecule has 1 heterocycles. The van der Waals surface area contributed by atoms with Crippen LogP contribution in [0.3, 0.4) is 0 Å². The van der Waals surface area contributed by atoms with E-state index in [1.807, 2.05) is 0 Å². The van der Waals surface area contributed by atoms with Gasteiger partial charge in [-0.2, -0.15) is 0 Å². The summed E-state index contributed by atoms with van der Waals surface area (Å²) in [7, 11) is 1.74. The fraction of sp³-hybridized carbons (Fsp3) is 0.143. The molecule has 7 nitrogen and oxygen atoms in total. The molecule has 0 aliphatic rings. The summed E-state index contributed by atoms with van der Waals surface area (Å²) in [4.78, 5) is 26.5. The highest BCUT2D eigenvalue weighted by atomic mass is 16.6. The summed E-state index contributed by atoms with van der Waals surface area (Å²) in [5.74, 6) is -0.426. The van der Waals surface area contributed by atoms with Crippen molar-refractivity contribution in [2.75, 3.05) is 17.7 Å². The van der Waals surface area contributed by atoms with Crippen molar-refractivity contribution >= 4 is 23.0 Å². The quantitative estimate of drug-likeness (QED) is 0.665. The Morgan fingerprint density at radius 1 is 1.24 bits per heavy atom. The third kappa shape index (κ3) is 3.33. The predicted molar refractivity (Wildman–Crippen MR) is 79.6 cm³/mol. The molecule has 0 atom stereocenters. The van der Waals surface area contributed by atoms with Gasteiger partial charge in [-0.25, -0.2) is 0 Å². The molecular weight excluding hydrogens is 272 g/mol. The number of benzene rings is 1. The smallest absolute Gasteiger partial charge is 0.274 e. The Labute approximate surface area is 121 Å². The molecule has 1 amide bonds. The van der Waals surface area contributed by atoms with E-state index in [1.54, 1.807) is 38.2 Å². The first kappa shape index (κ1) is 14.4. The van der Waals surface area contributed by atoms with E-state index in [0.717, 1.165) is 5.69 Å². The van der Waals surface area contributed by atoms with Crippen LogP contribution in [-0.4, -0.2) is 22.9 Å². The summed E-state index contributed by atoms with van der Waals surface area (Å²) >= 11 is 0. The summed E-state index contributed by atoms with van der Waals surface area (Å²) in [5, 5.41) is 16.4. The molecule has 21 heavy (non-hydrogen) atoms. The Hall–Kier alpha value is -2.96. The van der Waals surface area contributed by atoms with Crippen molar-refractivity contribution in [1.82, 2.24) is 4.98 Å². The number of anilines is 2. The van der Waals surface area contributed by atoms with Crippen LogP contribution >= 0.6 is 0 Å². The monoisotopic (exact) mass is 286 g/mol. The minimum Gasteiger partial charge on any atom is -0.388 e. The number of hydrogen-bond donors (Lipinski definition) is 2. The number of pyridine rings is 1. The first-order valence-corrected chi connectivity index (χ1v) is 6.21. The third-order valence-electron chi connectivity index (χ3n) is 2.94. The van der Waals surface area contributed by atoms with E-state index in [0.29, 0.717) is 11.3 Å². The molecule has 0 bridgehead atoms. The van der Waals surface area contributed by atoms with E-state index in [2.05, 4.69) is 15.6 Å². The van der Waals surface area contributed by atoms with E-state index < -0.39 is 10.8 Å². The molecular formula is C14H14N4O3. The number of nitrogens with zero attached hydrogens (tertiary/aromatic N) is 2. The molecule has 2 N–H and O–H groups in total. The minimum atomic E-state index is -0.481. The molecule has 0 aliphatic carbocycles. The number of amides is 1. The van der Waals surface area contributed by atoms with Gasteiger partial charge in [0.1, 0.15) is 5.69 Å². The molecule has 1 aromatic carbocycles. The lowest BCUT2D eigenvalue weighted by Gasteiger charge is -2.07. The van der Waals surface area contributed by atoms with Gasteiger partial charge in [0.2, 0.25) is 0 Å². The van der Waals surface area contributed by atoms with Gasteiger partial charge in [-0.05, 0) is 25.1 Å². The Morgan fingerprint density at radius 3 is 2.67 bits per heavy atom. The van der Waals surface area contributed by atoms with Gasteiger partial charge in [0.15, 0.2) is 0 Å². The van der Waals surface area contributed by atoms with Crippen molar-refractivity contribution in [1.29, 1.82) is 0 Å². The van der Waals surface area contributed by atoms with Crippen LogP contribution in [0, 0.1) is 17.0 Å². The van der Waals surface area contributed by atoms with Crippen LogP contribution in [0.15, 0.2) is 36.5 Å². The van der Waals surface area contributed by atoms with E-state index in [4.69, 9.17) is 0 Å². The van der Waals surface area contributed by atoms with Gasteiger partial charge < -0.3 is 10.6 Å². The Kier molecular flexibility index (Phi) is 4.13. The van der Waals surface area contributed by atoms with Gasteiger partial charge >= 0.3 is 0 Å². The highest BCUT2D eigenvalue weighted by Crippen LogP contribution is 2.22. The summed E-state index contributed by atoms with van der Waals surface area (Å²) in [6, 6.07) is 7.86. The van der Waals surface area contributed by atoms with Crippen LogP contribution in [0.2, 0.25) is 0 Å². The van der Waals surface area contributed by atoms with Gasteiger partial charge in [0, 0.05) is 36.2 Å².